The van der Waals surface area contributed by atoms with Crippen molar-refractivity contribution in [3.05, 3.63) is 29.8 Å². The monoisotopic (exact) mass is 257 g/mol. The minimum Gasteiger partial charge on any atom is -0.394 e. The van der Waals surface area contributed by atoms with Gasteiger partial charge in [-0.05, 0) is 24.4 Å². The Hall–Kier alpha value is -1.24. The molecule has 0 aliphatic rings. The lowest BCUT2D eigenvalue weighted by atomic mass is 10.0. The molecule has 1 aromatic carbocycles. The second-order valence-electron chi connectivity index (χ2n) is 3.72. The first-order chi connectivity index (χ1) is 7.90. The summed E-state index contributed by atoms with van der Waals surface area (Å²) < 4.78 is 22.5. The molecule has 5 nitrogen and oxygen atoms in total. The lowest BCUT2D eigenvalue weighted by Gasteiger charge is -2.17. The van der Waals surface area contributed by atoms with E-state index in [-0.39, 0.29) is 11.5 Å². The van der Waals surface area contributed by atoms with Crippen LogP contribution in [0.3, 0.4) is 0 Å². The van der Waals surface area contributed by atoms with E-state index in [4.69, 9.17) is 5.11 Å². The molecule has 2 N–H and O–H groups in total. The highest BCUT2D eigenvalue weighted by molar-refractivity contribution is 7.90. The van der Waals surface area contributed by atoms with Crippen LogP contribution in [0.2, 0.25) is 0 Å². The van der Waals surface area contributed by atoms with Gasteiger partial charge in [0.1, 0.15) is 12.1 Å². The molecule has 0 amide bonds. The number of hydrogen-bond acceptors (Lipinski definition) is 5. The van der Waals surface area contributed by atoms with Gasteiger partial charge >= 0.3 is 0 Å². The number of rotatable bonds is 5. The highest BCUT2D eigenvalue weighted by atomic mass is 32.2. The summed E-state index contributed by atoms with van der Waals surface area (Å²) in [5.41, 5.74) is 0.490. The van der Waals surface area contributed by atoms with Crippen LogP contribution in [0.15, 0.2) is 34.2 Å². The van der Waals surface area contributed by atoms with Crippen molar-refractivity contribution in [1.82, 2.24) is 0 Å². The van der Waals surface area contributed by atoms with Gasteiger partial charge < -0.3 is 10.2 Å². The fourth-order valence-electron chi connectivity index (χ4n) is 1.39. The number of hydrogen-bond donors (Lipinski definition) is 2. The first-order valence-electron chi connectivity index (χ1n) is 4.95. The van der Waals surface area contributed by atoms with E-state index in [2.05, 4.69) is 11.7 Å². The van der Waals surface area contributed by atoms with E-state index in [1.54, 1.807) is 0 Å². The van der Waals surface area contributed by atoms with E-state index in [1.165, 1.54) is 24.3 Å². The largest absolute Gasteiger partial charge is 0.394 e. The maximum Gasteiger partial charge on any atom is 0.175 e. The smallest absolute Gasteiger partial charge is 0.175 e. The molecule has 0 saturated carbocycles. The summed E-state index contributed by atoms with van der Waals surface area (Å²) >= 11 is 0. The van der Waals surface area contributed by atoms with Crippen LogP contribution in [0, 0.1) is 0 Å². The van der Waals surface area contributed by atoms with Gasteiger partial charge in [-0.15, -0.1) is 0 Å². The average Bonchev–Trinajstić information content (AvgIpc) is 2.29. The van der Waals surface area contributed by atoms with Crippen LogP contribution in [0.4, 0.5) is 0 Å². The van der Waals surface area contributed by atoms with E-state index >= 15 is 0 Å². The predicted octanol–water partition coefficient (Wildman–Crippen LogP) is 0.185. The van der Waals surface area contributed by atoms with Crippen LogP contribution in [0.1, 0.15) is 11.7 Å². The zero-order valence-electron chi connectivity index (χ0n) is 9.44. The van der Waals surface area contributed by atoms with Gasteiger partial charge in [0.25, 0.3) is 0 Å². The van der Waals surface area contributed by atoms with Crippen molar-refractivity contribution in [3.8, 4) is 0 Å². The number of nitrogens with zero attached hydrogens (tertiary/aromatic N) is 1. The van der Waals surface area contributed by atoms with Crippen molar-refractivity contribution < 1.29 is 18.6 Å². The third-order valence-corrected chi connectivity index (χ3v) is 3.56. The second kappa shape index (κ2) is 5.39. The second-order valence-corrected chi connectivity index (χ2v) is 5.73. The van der Waals surface area contributed by atoms with Crippen molar-refractivity contribution in [2.45, 2.75) is 17.0 Å². The van der Waals surface area contributed by atoms with Crippen molar-refractivity contribution in [1.29, 1.82) is 0 Å². The molecule has 0 bridgehead atoms. The van der Waals surface area contributed by atoms with Gasteiger partial charge in [-0.1, -0.05) is 12.1 Å². The molecular weight excluding hydrogens is 242 g/mol. The van der Waals surface area contributed by atoms with Gasteiger partial charge in [-0.3, -0.25) is 4.99 Å². The summed E-state index contributed by atoms with van der Waals surface area (Å²) in [7, 11) is -3.24. The molecule has 0 fully saturated rings. The number of benzene rings is 1. The summed E-state index contributed by atoms with van der Waals surface area (Å²) in [5, 5.41) is 18.8. The van der Waals surface area contributed by atoms with Gasteiger partial charge in [0.05, 0.1) is 11.5 Å². The number of aliphatic imine (C=N–C) groups is 1. The predicted molar refractivity (Wildman–Crippen MR) is 64.9 cm³/mol. The Morgan fingerprint density at radius 1 is 1.35 bits per heavy atom. The van der Waals surface area contributed by atoms with Crippen molar-refractivity contribution in [3.63, 3.8) is 0 Å². The molecule has 94 valence electrons. The molecule has 0 aromatic heterocycles. The quantitative estimate of drug-likeness (QED) is 0.737. The molecule has 6 heteroatoms. The Kier molecular flexibility index (Phi) is 4.39. The SMILES string of the molecule is C=N[C@@H](CO)[C@@H](O)c1ccc(S(C)(=O)=O)cc1. The standard InChI is InChI=1S/C11H15NO4S/c1-12-10(7-13)11(14)8-3-5-9(6-4-8)17(2,15)16/h3-6,10-11,13-14H,1,7H2,2H3/t10-,11-/m0/s1. The van der Waals surface area contributed by atoms with Crippen LogP contribution in [0.5, 0.6) is 0 Å². The highest BCUT2D eigenvalue weighted by Gasteiger charge is 2.18. The average molecular weight is 257 g/mol. The minimum atomic E-state index is -3.24. The van der Waals surface area contributed by atoms with Crippen molar-refractivity contribution >= 4 is 16.6 Å². The third kappa shape index (κ3) is 3.36. The number of aliphatic hydroxyl groups is 2. The molecule has 1 rings (SSSR count). The zero-order chi connectivity index (χ0) is 13.1. The minimum absolute atomic E-state index is 0.181. The maximum atomic E-state index is 11.2. The Morgan fingerprint density at radius 2 is 1.88 bits per heavy atom. The van der Waals surface area contributed by atoms with E-state index in [1.807, 2.05) is 0 Å². The third-order valence-electron chi connectivity index (χ3n) is 2.44. The van der Waals surface area contributed by atoms with Crippen LogP contribution in [0.25, 0.3) is 0 Å². The molecule has 0 aliphatic heterocycles. The maximum absolute atomic E-state index is 11.2. The Balaban J connectivity index is 2.99. The Morgan fingerprint density at radius 3 is 2.24 bits per heavy atom. The van der Waals surface area contributed by atoms with Gasteiger partial charge in [0.15, 0.2) is 9.84 Å². The van der Waals surface area contributed by atoms with Crippen LogP contribution >= 0.6 is 0 Å². The Labute approximate surface area is 100 Å². The molecule has 0 spiro atoms. The van der Waals surface area contributed by atoms with Crippen molar-refractivity contribution in [2.24, 2.45) is 4.99 Å². The summed E-state index contributed by atoms with van der Waals surface area (Å²) in [6, 6.07) is 5.10. The molecule has 0 radical (unpaired) electrons. The van der Waals surface area contributed by atoms with E-state index in [9.17, 15) is 13.5 Å². The van der Waals surface area contributed by atoms with Crippen LogP contribution in [-0.4, -0.2) is 44.3 Å². The fraction of sp³-hybridized carbons (Fsp3) is 0.364. The van der Waals surface area contributed by atoms with Gasteiger partial charge in [-0.25, -0.2) is 8.42 Å². The van der Waals surface area contributed by atoms with E-state index in [0.717, 1.165) is 6.26 Å². The van der Waals surface area contributed by atoms with E-state index < -0.39 is 22.0 Å². The summed E-state index contributed by atoms with van der Waals surface area (Å²) in [4.78, 5) is 3.77. The molecule has 0 aliphatic carbocycles. The molecule has 1 aromatic rings. The Bertz CT molecular complexity index is 481. The normalized spacial score (nSPS) is 15.2. The summed E-state index contributed by atoms with van der Waals surface area (Å²) in [6.07, 6.45) is 0.117. The highest BCUT2D eigenvalue weighted by Crippen LogP contribution is 2.20. The van der Waals surface area contributed by atoms with Crippen LogP contribution in [-0.2, 0) is 9.84 Å². The molecule has 0 unspecified atom stereocenters. The van der Waals surface area contributed by atoms with Gasteiger partial charge in [0.2, 0.25) is 0 Å². The molecule has 2 atom stereocenters. The first-order valence-corrected chi connectivity index (χ1v) is 6.84. The zero-order valence-corrected chi connectivity index (χ0v) is 10.3. The van der Waals surface area contributed by atoms with E-state index in [0.29, 0.717) is 5.56 Å². The lowest BCUT2D eigenvalue weighted by molar-refractivity contribution is 0.111. The number of aliphatic hydroxyl groups excluding tert-OH is 2. The van der Waals surface area contributed by atoms with Gasteiger partial charge in [0, 0.05) is 6.26 Å². The van der Waals surface area contributed by atoms with Gasteiger partial charge in [-0.2, -0.15) is 0 Å². The molecular formula is C11H15NO4S. The fourth-order valence-corrected chi connectivity index (χ4v) is 2.02. The topological polar surface area (TPSA) is 87.0 Å². The molecule has 0 heterocycles. The number of sulfone groups is 1. The lowest BCUT2D eigenvalue weighted by Crippen LogP contribution is -2.20. The van der Waals surface area contributed by atoms with Crippen LogP contribution < -0.4 is 0 Å². The first kappa shape index (κ1) is 13.8. The van der Waals surface area contributed by atoms with Crippen molar-refractivity contribution in [2.75, 3.05) is 12.9 Å². The molecule has 17 heavy (non-hydrogen) atoms. The molecule has 0 saturated heterocycles. The summed E-state index contributed by atoms with van der Waals surface area (Å²) in [5.74, 6) is 0. The summed E-state index contributed by atoms with van der Waals surface area (Å²) in [6.45, 7) is 2.95.